The monoisotopic (exact) mass is 301 g/mol. The van der Waals surface area contributed by atoms with Gasteiger partial charge in [-0.05, 0) is 43.9 Å². The summed E-state index contributed by atoms with van der Waals surface area (Å²) in [5.41, 5.74) is 0.251. The molecule has 2 rings (SSSR count). The summed E-state index contributed by atoms with van der Waals surface area (Å²) in [4.78, 5) is 1.38. The lowest BCUT2D eigenvalue weighted by Gasteiger charge is -2.37. The predicted octanol–water partition coefficient (Wildman–Crippen LogP) is 3.99. The highest BCUT2D eigenvalue weighted by molar-refractivity contribution is 7.16. The van der Waals surface area contributed by atoms with Crippen LogP contribution >= 0.6 is 22.9 Å². The van der Waals surface area contributed by atoms with Gasteiger partial charge in [0, 0.05) is 23.4 Å². The number of halogens is 1. The van der Waals surface area contributed by atoms with Crippen LogP contribution in [0.15, 0.2) is 12.1 Å². The summed E-state index contributed by atoms with van der Waals surface area (Å²) in [6.45, 7) is 8.39. The Morgan fingerprint density at radius 3 is 2.89 bits per heavy atom. The largest absolute Gasteiger partial charge is 0.381 e. The fourth-order valence-corrected chi connectivity index (χ4v) is 3.96. The molecule has 1 aromatic heterocycles. The number of nitrogens with one attached hydrogen (secondary N) is 1. The highest BCUT2D eigenvalue weighted by atomic mass is 35.5. The van der Waals surface area contributed by atoms with E-state index in [1.165, 1.54) is 17.7 Å². The molecule has 1 aliphatic heterocycles. The maximum absolute atomic E-state index is 6.04. The van der Waals surface area contributed by atoms with Crippen LogP contribution in [0, 0.1) is 11.3 Å². The van der Waals surface area contributed by atoms with E-state index in [-0.39, 0.29) is 5.41 Å². The van der Waals surface area contributed by atoms with Crippen molar-refractivity contribution in [2.75, 3.05) is 26.3 Å². The highest BCUT2D eigenvalue weighted by Crippen LogP contribution is 2.35. The Bertz CT molecular complexity index is 385. The summed E-state index contributed by atoms with van der Waals surface area (Å²) in [5, 5.41) is 3.61. The van der Waals surface area contributed by atoms with Crippen LogP contribution in [0.2, 0.25) is 4.34 Å². The molecule has 1 N–H and O–H groups in total. The van der Waals surface area contributed by atoms with Gasteiger partial charge in [-0.1, -0.05) is 25.4 Å². The summed E-state index contributed by atoms with van der Waals surface area (Å²) >= 11 is 7.74. The van der Waals surface area contributed by atoms with E-state index in [4.69, 9.17) is 16.3 Å². The average Bonchev–Trinajstić information content (AvgIpc) is 2.75. The number of hydrogen-bond donors (Lipinski definition) is 1. The lowest BCUT2D eigenvalue weighted by molar-refractivity contribution is -0.00698. The average molecular weight is 302 g/mol. The van der Waals surface area contributed by atoms with Crippen LogP contribution in [0.25, 0.3) is 0 Å². The molecule has 0 radical (unpaired) electrons. The van der Waals surface area contributed by atoms with E-state index >= 15 is 0 Å². The SMILES string of the molecule is CC(C)CNCC1(Cc2ccc(Cl)s2)CCCOC1. The fourth-order valence-electron chi connectivity index (χ4n) is 2.69. The standard InChI is InChI=1S/C15H24ClNOS/c1-12(2)9-17-10-15(6-3-7-18-11-15)8-13-4-5-14(16)19-13/h4-5,12,17H,3,6-11H2,1-2H3. The first-order valence-electron chi connectivity index (χ1n) is 7.12. The first-order valence-corrected chi connectivity index (χ1v) is 8.32. The zero-order valence-corrected chi connectivity index (χ0v) is 13.4. The second kappa shape index (κ2) is 7.07. The second-order valence-electron chi connectivity index (χ2n) is 6.06. The molecule has 2 nitrogen and oxygen atoms in total. The minimum atomic E-state index is 0.251. The first-order chi connectivity index (χ1) is 9.10. The third-order valence-corrected chi connectivity index (χ3v) is 4.87. The maximum Gasteiger partial charge on any atom is 0.0931 e. The van der Waals surface area contributed by atoms with Gasteiger partial charge in [0.25, 0.3) is 0 Å². The smallest absolute Gasteiger partial charge is 0.0931 e. The second-order valence-corrected chi connectivity index (χ2v) is 7.86. The minimum absolute atomic E-state index is 0.251. The van der Waals surface area contributed by atoms with Gasteiger partial charge in [-0.3, -0.25) is 0 Å². The summed E-state index contributed by atoms with van der Waals surface area (Å²) < 4.78 is 6.64. The summed E-state index contributed by atoms with van der Waals surface area (Å²) in [6.07, 6.45) is 3.49. The van der Waals surface area contributed by atoms with Gasteiger partial charge >= 0.3 is 0 Å². The van der Waals surface area contributed by atoms with Crippen LogP contribution < -0.4 is 5.32 Å². The number of thiophene rings is 1. The predicted molar refractivity (Wildman–Crippen MR) is 83.2 cm³/mol. The zero-order valence-electron chi connectivity index (χ0n) is 11.9. The number of rotatable bonds is 6. The Hall–Kier alpha value is -0.0900. The molecule has 1 atom stereocenters. The molecule has 108 valence electrons. The van der Waals surface area contributed by atoms with Crippen molar-refractivity contribution >= 4 is 22.9 Å². The Balaban J connectivity index is 1.97. The van der Waals surface area contributed by atoms with Crippen molar-refractivity contribution in [1.29, 1.82) is 0 Å². The quantitative estimate of drug-likeness (QED) is 0.858. The molecule has 1 fully saturated rings. The highest BCUT2D eigenvalue weighted by Gasteiger charge is 2.33. The molecule has 0 amide bonds. The van der Waals surface area contributed by atoms with Gasteiger partial charge in [-0.25, -0.2) is 0 Å². The summed E-state index contributed by atoms with van der Waals surface area (Å²) in [7, 11) is 0. The van der Waals surface area contributed by atoms with Crippen LogP contribution in [0.4, 0.5) is 0 Å². The van der Waals surface area contributed by atoms with Gasteiger partial charge in [-0.15, -0.1) is 11.3 Å². The zero-order chi connectivity index (χ0) is 13.7. The molecule has 2 heterocycles. The van der Waals surface area contributed by atoms with Crippen LogP contribution in [0.1, 0.15) is 31.6 Å². The molecule has 0 aromatic carbocycles. The minimum Gasteiger partial charge on any atom is -0.381 e. The van der Waals surface area contributed by atoms with Crippen molar-refractivity contribution in [2.45, 2.75) is 33.1 Å². The fraction of sp³-hybridized carbons (Fsp3) is 0.733. The Morgan fingerprint density at radius 1 is 1.47 bits per heavy atom. The Kier molecular flexibility index (Phi) is 5.70. The molecule has 1 unspecified atom stereocenters. The van der Waals surface area contributed by atoms with Crippen LogP contribution in [0.5, 0.6) is 0 Å². The third kappa shape index (κ3) is 4.75. The molecule has 0 bridgehead atoms. The van der Waals surface area contributed by atoms with Crippen LogP contribution in [-0.2, 0) is 11.2 Å². The topological polar surface area (TPSA) is 21.3 Å². The normalized spacial score (nSPS) is 24.0. The van der Waals surface area contributed by atoms with Crippen molar-refractivity contribution in [3.05, 3.63) is 21.3 Å². The van der Waals surface area contributed by atoms with Gasteiger partial charge in [-0.2, -0.15) is 0 Å². The maximum atomic E-state index is 6.04. The van der Waals surface area contributed by atoms with Gasteiger partial charge in [0.1, 0.15) is 0 Å². The summed E-state index contributed by atoms with van der Waals surface area (Å²) in [5.74, 6) is 0.692. The molecule has 1 aliphatic rings. The first kappa shape index (κ1) is 15.3. The molecule has 1 aromatic rings. The van der Waals surface area contributed by atoms with E-state index < -0.39 is 0 Å². The van der Waals surface area contributed by atoms with E-state index in [2.05, 4.69) is 25.2 Å². The van der Waals surface area contributed by atoms with Crippen molar-refractivity contribution in [2.24, 2.45) is 11.3 Å². The van der Waals surface area contributed by atoms with Crippen LogP contribution in [-0.4, -0.2) is 26.3 Å². The van der Waals surface area contributed by atoms with E-state index in [1.807, 2.05) is 6.07 Å². The van der Waals surface area contributed by atoms with E-state index in [9.17, 15) is 0 Å². The van der Waals surface area contributed by atoms with E-state index in [0.717, 1.165) is 37.1 Å². The number of ether oxygens (including phenoxy) is 1. The molecular formula is C15H24ClNOS. The third-order valence-electron chi connectivity index (χ3n) is 3.63. The van der Waals surface area contributed by atoms with E-state index in [0.29, 0.717) is 5.92 Å². The van der Waals surface area contributed by atoms with Crippen molar-refractivity contribution < 1.29 is 4.74 Å². The molecule has 0 spiro atoms. The van der Waals surface area contributed by atoms with E-state index in [1.54, 1.807) is 11.3 Å². The van der Waals surface area contributed by atoms with Gasteiger partial charge in [0.2, 0.25) is 0 Å². The molecule has 0 aliphatic carbocycles. The molecule has 19 heavy (non-hydrogen) atoms. The van der Waals surface area contributed by atoms with Crippen molar-refractivity contribution in [3.8, 4) is 0 Å². The van der Waals surface area contributed by atoms with Crippen molar-refractivity contribution in [3.63, 3.8) is 0 Å². The lowest BCUT2D eigenvalue weighted by Crippen LogP contribution is -2.43. The van der Waals surface area contributed by atoms with Crippen LogP contribution in [0.3, 0.4) is 0 Å². The lowest BCUT2D eigenvalue weighted by atomic mass is 9.79. The Morgan fingerprint density at radius 2 is 2.32 bits per heavy atom. The molecule has 4 heteroatoms. The molecular weight excluding hydrogens is 278 g/mol. The Labute approximate surface area is 125 Å². The summed E-state index contributed by atoms with van der Waals surface area (Å²) in [6, 6.07) is 4.16. The van der Waals surface area contributed by atoms with Gasteiger partial charge < -0.3 is 10.1 Å². The van der Waals surface area contributed by atoms with Crippen molar-refractivity contribution in [1.82, 2.24) is 5.32 Å². The molecule has 1 saturated heterocycles. The molecule has 0 saturated carbocycles. The van der Waals surface area contributed by atoms with Gasteiger partial charge in [0.15, 0.2) is 0 Å². The number of hydrogen-bond acceptors (Lipinski definition) is 3. The van der Waals surface area contributed by atoms with Gasteiger partial charge in [0.05, 0.1) is 10.9 Å².